The third-order valence-corrected chi connectivity index (χ3v) is 3.43. The quantitative estimate of drug-likeness (QED) is 0.816. The summed E-state index contributed by atoms with van der Waals surface area (Å²) in [4.78, 5) is 13.4. The van der Waals surface area contributed by atoms with Crippen LogP contribution in [0, 0.1) is 0 Å². The fourth-order valence-corrected chi connectivity index (χ4v) is 2.31. The van der Waals surface area contributed by atoms with E-state index in [1.807, 2.05) is 0 Å². The Morgan fingerprint density at radius 1 is 1.24 bits per heavy atom. The molecule has 0 unspecified atom stereocenters. The molecule has 0 radical (unpaired) electrons. The summed E-state index contributed by atoms with van der Waals surface area (Å²) in [6, 6.07) is 6.98. The average molecular weight is 254 g/mol. The molecule has 1 heterocycles. The van der Waals surface area contributed by atoms with Crippen molar-refractivity contribution in [2.24, 2.45) is 0 Å². The summed E-state index contributed by atoms with van der Waals surface area (Å²) in [5, 5.41) is 3.60. The molecule has 2 rings (SSSR count). The van der Waals surface area contributed by atoms with Gasteiger partial charge < -0.3 is 10.2 Å². The van der Waals surface area contributed by atoms with E-state index < -0.39 is 0 Å². The SMILES string of the molecule is O=C(NCC[NH+]1CCCC1)c1ccc(Cl)cc1. The highest BCUT2D eigenvalue weighted by atomic mass is 35.5. The first-order valence-electron chi connectivity index (χ1n) is 6.13. The zero-order valence-electron chi connectivity index (χ0n) is 9.84. The summed E-state index contributed by atoms with van der Waals surface area (Å²) < 4.78 is 0. The highest BCUT2D eigenvalue weighted by Gasteiger charge is 2.14. The Labute approximate surface area is 107 Å². The van der Waals surface area contributed by atoms with Crippen LogP contribution in [0.3, 0.4) is 0 Å². The van der Waals surface area contributed by atoms with E-state index in [1.165, 1.54) is 25.9 Å². The number of quaternary nitrogens is 1. The minimum Gasteiger partial charge on any atom is -0.346 e. The van der Waals surface area contributed by atoms with Crippen LogP contribution in [0.4, 0.5) is 0 Å². The minimum atomic E-state index is -0.0136. The molecule has 1 aromatic rings. The number of halogens is 1. The van der Waals surface area contributed by atoms with Crippen LogP contribution in [0.15, 0.2) is 24.3 Å². The number of hydrogen-bond acceptors (Lipinski definition) is 1. The molecule has 1 aliphatic rings. The van der Waals surface area contributed by atoms with Crippen LogP contribution >= 0.6 is 11.6 Å². The van der Waals surface area contributed by atoms with E-state index in [9.17, 15) is 4.79 Å². The molecule has 1 aliphatic heterocycles. The van der Waals surface area contributed by atoms with Crippen molar-refractivity contribution in [2.75, 3.05) is 26.2 Å². The Morgan fingerprint density at radius 2 is 1.88 bits per heavy atom. The Bertz CT molecular complexity index is 372. The number of likely N-dealkylation sites (tertiary alicyclic amines) is 1. The Balaban J connectivity index is 1.75. The van der Waals surface area contributed by atoms with E-state index in [1.54, 1.807) is 29.2 Å². The number of benzene rings is 1. The maximum atomic E-state index is 11.8. The molecule has 0 bridgehead atoms. The standard InChI is InChI=1S/C13H17ClN2O/c14-12-5-3-11(4-6-12)13(17)15-7-10-16-8-1-2-9-16/h3-6H,1-2,7-10H2,(H,15,17)/p+1. The van der Waals surface area contributed by atoms with Gasteiger partial charge in [-0.2, -0.15) is 0 Å². The monoisotopic (exact) mass is 253 g/mol. The fraction of sp³-hybridized carbons (Fsp3) is 0.462. The lowest BCUT2D eigenvalue weighted by molar-refractivity contribution is -0.886. The van der Waals surface area contributed by atoms with Crippen molar-refractivity contribution < 1.29 is 9.69 Å². The number of rotatable bonds is 4. The molecular formula is C13H18ClN2O+. The number of nitrogens with one attached hydrogen (secondary N) is 2. The van der Waals surface area contributed by atoms with E-state index in [4.69, 9.17) is 11.6 Å². The lowest BCUT2D eigenvalue weighted by atomic mass is 10.2. The summed E-state index contributed by atoms with van der Waals surface area (Å²) in [7, 11) is 0. The first-order chi connectivity index (χ1) is 8.25. The lowest BCUT2D eigenvalue weighted by Crippen LogP contribution is -3.10. The van der Waals surface area contributed by atoms with Gasteiger partial charge in [-0.05, 0) is 24.3 Å². The number of carbonyl (C=O) groups is 1. The van der Waals surface area contributed by atoms with Crippen molar-refractivity contribution in [3.8, 4) is 0 Å². The van der Waals surface area contributed by atoms with Crippen molar-refractivity contribution in [3.63, 3.8) is 0 Å². The van der Waals surface area contributed by atoms with Crippen LogP contribution in [0.2, 0.25) is 5.02 Å². The van der Waals surface area contributed by atoms with Crippen molar-refractivity contribution in [1.29, 1.82) is 0 Å². The van der Waals surface area contributed by atoms with Gasteiger partial charge in [-0.15, -0.1) is 0 Å². The Morgan fingerprint density at radius 3 is 2.53 bits per heavy atom. The zero-order valence-corrected chi connectivity index (χ0v) is 10.6. The van der Waals surface area contributed by atoms with E-state index in [0.717, 1.165) is 13.1 Å². The Kier molecular flexibility index (Phi) is 4.40. The molecule has 4 heteroatoms. The van der Waals surface area contributed by atoms with Gasteiger partial charge in [0.05, 0.1) is 26.2 Å². The maximum Gasteiger partial charge on any atom is 0.251 e. The highest BCUT2D eigenvalue weighted by Crippen LogP contribution is 2.08. The normalized spacial score (nSPS) is 16.1. The molecule has 1 saturated heterocycles. The van der Waals surface area contributed by atoms with Crippen LogP contribution in [0.25, 0.3) is 0 Å². The molecule has 1 amide bonds. The molecule has 0 spiro atoms. The van der Waals surface area contributed by atoms with Gasteiger partial charge in [0.1, 0.15) is 0 Å². The van der Waals surface area contributed by atoms with Crippen LogP contribution in [-0.2, 0) is 0 Å². The molecular weight excluding hydrogens is 236 g/mol. The molecule has 1 aromatic carbocycles. The largest absolute Gasteiger partial charge is 0.346 e. The topological polar surface area (TPSA) is 33.5 Å². The van der Waals surface area contributed by atoms with Gasteiger partial charge >= 0.3 is 0 Å². The molecule has 3 nitrogen and oxygen atoms in total. The van der Waals surface area contributed by atoms with Gasteiger partial charge in [-0.1, -0.05) is 11.6 Å². The van der Waals surface area contributed by atoms with E-state index in [2.05, 4.69) is 5.32 Å². The predicted molar refractivity (Wildman–Crippen MR) is 68.6 cm³/mol. The summed E-state index contributed by atoms with van der Waals surface area (Å²) in [5.41, 5.74) is 0.672. The summed E-state index contributed by atoms with van der Waals surface area (Å²) in [5.74, 6) is -0.0136. The van der Waals surface area contributed by atoms with Crippen molar-refractivity contribution in [2.45, 2.75) is 12.8 Å². The molecule has 0 atom stereocenters. The molecule has 0 aromatic heterocycles. The zero-order chi connectivity index (χ0) is 12.1. The molecule has 1 fully saturated rings. The third kappa shape index (κ3) is 3.72. The van der Waals surface area contributed by atoms with Gasteiger partial charge in [0.2, 0.25) is 0 Å². The first-order valence-corrected chi connectivity index (χ1v) is 6.51. The van der Waals surface area contributed by atoms with Gasteiger partial charge in [0.15, 0.2) is 0 Å². The van der Waals surface area contributed by atoms with Gasteiger partial charge in [0, 0.05) is 23.4 Å². The van der Waals surface area contributed by atoms with E-state index in [0.29, 0.717) is 10.6 Å². The fourth-order valence-electron chi connectivity index (χ4n) is 2.18. The predicted octanol–water partition coefficient (Wildman–Crippen LogP) is 0.748. The Hall–Kier alpha value is -1.06. The maximum absolute atomic E-state index is 11.8. The second kappa shape index (κ2) is 6.03. The summed E-state index contributed by atoms with van der Waals surface area (Å²) in [6.45, 7) is 4.27. The van der Waals surface area contributed by atoms with Crippen LogP contribution in [0.5, 0.6) is 0 Å². The second-order valence-electron chi connectivity index (χ2n) is 4.47. The van der Waals surface area contributed by atoms with Crippen LogP contribution in [0.1, 0.15) is 23.2 Å². The van der Waals surface area contributed by atoms with Gasteiger partial charge in [0.25, 0.3) is 5.91 Å². The highest BCUT2D eigenvalue weighted by molar-refractivity contribution is 6.30. The van der Waals surface area contributed by atoms with Crippen LogP contribution in [-0.4, -0.2) is 32.1 Å². The number of hydrogen-bond donors (Lipinski definition) is 2. The molecule has 0 saturated carbocycles. The van der Waals surface area contributed by atoms with Crippen LogP contribution < -0.4 is 10.2 Å². The van der Waals surface area contributed by atoms with Crippen molar-refractivity contribution >= 4 is 17.5 Å². The molecule has 0 aliphatic carbocycles. The second-order valence-corrected chi connectivity index (χ2v) is 4.91. The first kappa shape index (κ1) is 12.4. The summed E-state index contributed by atoms with van der Waals surface area (Å²) >= 11 is 5.77. The average Bonchev–Trinajstić information content (AvgIpc) is 2.83. The van der Waals surface area contributed by atoms with E-state index >= 15 is 0 Å². The van der Waals surface area contributed by atoms with Gasteiger partial charge in [-0.25, -0.2) is 0 Å². The number of carbonyl (C=O) groups excluding carboxylic acids is 1. The van der Waals surface area contributed by atoms with Gasteiger partial charge in [-0.3, -0.25) is 4.79 Å². The molecule has 2 N–H and O–H groups in total. The summed E-state index contributed by atoms with van der Waals surface area (Å²) in [6.07, 6.45) is 2.64. The number of amides is 1. The smallest absolute Gasteiger partial charge is 0.251 e. The molecule has 17 heavy (non-hydrogen) atoms. The molecule has 92 valence electrons. The third-order valence-electron chi connectivity index (χ3n) is 3.18. The minimum absolute atomic E-state index is 0.0136. The van der Waals surface area contributed by atoms with Crippen molar-refractivity contribution in [3.05, 3.63) is 34.9 Å². The van der Waals surface area contributed by atoms with Crippen molar-refractivity contribution in [1.82, 2.24) is 5.32 Å². The lowest BCUT2D eigenvalue weighted by Gasteiger charge is -2.12. The van der Waals surface area contributed by atoms with E-state index in [-0.39, 0.29) is 5.91 Å².